The van der Waals surface area contributed by atoms with Crippen molar-refractivity contribution in [2.75, 3.05) is 36.4 Å². The molecule has 0 unspecified atom stereocenters. The highest BCUT2D eigenvalue weighted by molar-refractivity contribution is 6.02. The Balaban J connectivity index is 1.30. The van der Waals surface area contributed by atoms with Gasteiger partial charge in [0.15, 0.2) is 0 Å². The average Bonchev–Trinajstić information content (AvgIpc) is 2.88. The van der Waals surface area contributed by atoms with Crippen LogP contribution in [-0.4, -0.2) is 47.8 Å². The molecule has 8 heteroatoms. The molecule has 0 saturated carbocycles. The summed E-state index contributed by atoms with van der Waals surface area (Å²) in [5.74, 6) is -0.258. The fourth-order valence-electron chi connectivity index (χ4n) is 4.00. The summed E-state index contributed by atoms with van der Waals surface area (Å²) in [5.41, 5.74) is 3.96. The maximum Gasteiger partial charge on any atom is 0.270 e. The lowest BCUT2D eigenvalue weighted by Gasteiger charge is -2.36. The Morgan fingerprint density at radius 3 is 2.34 bits per heavy atom. The van der Waals surface area contributed by atoms with Gasteiger partial charge < -0.3 is 15.1 Å². The molecule has 0 spiro atoms. The highest BCUT2D eigenvalue weighted by Gasteiger charge is 2.23. The number of hydrogen-bond acceptors (Lipinski definition) is 5. The number of rotatable bonds is 6. The number of nitro groups is 1. The van der Waals surface area contributed by atoms with Crippen molar-refractivity contribution in [1.29, 1.82) is 0 Å². The molecule has 1 N–H and O–H groups in total. The van der Waals surface area contributed by atoms with Gasteiger partial charge in [-0.05, 0) is 54.5 Å². The molecule has 1 heterocycles. The van der Waals surface area contributed by atoms with Crippen molar-refractivity contribution >= 4 is 35.0 Å². The Kier molecular flexibility index (Phi) is 7.21. The molecule has 4 rings (SSSR count). The number of piperazine rings is 1. The summed E-state index contributed by atoms with van der Waals surface area (Å²) >= 11 is 0. The highest BCUT2D eigenvalue weighted by atomic mass is 16.6. The first-order chi connectivity index (χ1) is 16.9. The number of hydrogen-bond donors (Lipinski definition) is 1. The molecular formula is C27H26N4O4. The van der Waals surface area contributed by atoms with Gasteiger partial charge in [0.1, 0.15) is 0 Å². The van der Waals surface area contributed by atoms with Crippen molar-refractivity contribution in [3.05, 3.63) is 106 Å². The Bertz CT molecular complexity index is 1260. The highest BCUT2D eigenvalue weighted by Crippen LogP contribution is 2.21. The normalized spacial score (nSPS) is 13.6. The molecular weight excluding hydrogens is 444 g/mol. The van der Waals surface area contributed by atoms with Crippen LogP contribution >= 0.6 is 0 Å². The van der Waals surface area contributed by atoms with Crippen molar-refractivity contribution in [3.8, 4) is 0 Å². The number of carbonyl (C=O) groups excluding carboxylic acids is 2. The van der Waals surface area contributed by atoms with E-state index >= 15 is 0 Å². The average molecular weight is 471 g/mol. The van der Waals surface area contributed by atoms with E-state index in [1.54, 1.807) is 12.1 Å². The van der Waals surface area contributed by atoms with Crippen LogP contribution in [0.15, 0.2) is 78.9 Å². The lowest BCUT2D eigenvalue weighted by Crippen LogP contribution is -2.48. The van der Waals surface area contributed by atoms with E-state index < -0.39 is 4.92 Å². The van der Waals surface area contributed by atoms with E-state index in [4.69, 9.17) is 0 Å². The number of nitrogens with one attached hydrogen (secondary N) is 1. The van der Waals surface area contributed by atoms with Crippen molar-refractivity contribution in [2.24, 2.45) is 0 Å². The predicted molar refractivity (Wildman–Crippen MR) is 136 cm³/mol. The first kappa shape index (κ1) is 23.7. The largest absolute Gasteiger partial charge is 0.368 e. The first-order valence-corrected chi connectivity index (χ1v) is 11.3. The van der Waals surface area contributed by atoms with E-state index in [0.717, 1.165) is 29.9 Å². The summed E-state index contributed by atoms with van der Waals surface area (Å²) in [7, 11) is 0. The summed E-state index contributed by atoms with van der Waals surface area (Å²) in [4.78, 5) is 39.6. The third-order valence-corrected chi connectivity index (χ3v) is 5.95. The number of benzene rings is 3. The van der Waals surface area contributed by atoms with Crippen LogP contribution in [-0.2, 0) is 4.79 Å². The van der Waals surface area contributed by atoms with Crippen molar-refractivity contribution < 1.29 is 14.5 Å². The van der Waals surface area contributed by atoms with Crippen LogP contribution in [0.3, 0.4) is 0 Å². The lowest BCUT2D eigenvalue weighted by atomic mass is 10.1. The van der Waals surface area contributed by atoms with Gasteiger partial charge in [-0.3, -0.25) is 19.7 Å². The number of anilines is 2. The molecule has 1 fully saturated rings. The fraction of sp³-hybridized carbons (Fsp3) is 0.185. The zero-order valence-corrected chi connectivity index (χ0v) is 19.4. The number of amides is 2. The van der Waals surface area contributed by atoms with E-state index in [0.29, 0.717) is 24.3 Å². The molecule has 1 aliphatic heterocycles. The molecule has 8 nitrogen and oxygen atoms in total. The second-order valence-electron chi connectivity index (χ2n) is 8.32. The second kappa shape index (κ2) is 10.6. The summed E-state index contributed by atoms with van der Waals surface area (Å²) in [6.45, 7) is 4.71. The minimum Gasteiger partial charge on any atom is -0.368 e. The minimum absolute atomic E-state index is 0.0245. The minimum atomic E-state index is -0.471. The lowest BCUT2D eigenvalue weighted by molar-refractivity contribution is -0.384. The molecule has 0 bridgehead atoms. The number of nitrogens with zero attached hydrogens (tertiary/aromatic N) is 3. The first-order valence-electron chi connectivity index (χ1n) is 11.3. The van der Waals surface area contributed by atoms with Gasteiger partial charge >= 0.3 is 0 Å². The summed E-state index contributed by atoms with van der Waals surface area (Å²) in [6.07, 6.45) is 2.88. The van der Waals surface area contributed by atoms with Crippen LogP contribution < -0.4 is 10.2 Å². The standard InChI is InChI=1S/C27H26N4O4/c1-20-5-2-3-8-25(20)27(33)30-17-15-29(16-18-30)23-12-10-22(11-13-23)28-26(32)14-9-21-6-4-7-24(19-21)31(34)35/h2-14,19H,15-18H2,1H3,(H,28,32)/b14-9+. The summed E-state index contributed by atoms with van der Waals surface area (Å²) in [5, 5.41) is 13.7. The molecule has 3 aromatic rings. The van der Waals surface area contributed by atoms with Crippen LogP contribution in [0.25, 0.3) is 6.08 Å². The van der Waals surface area contributed by atoms with Gasteiger partial charge in [-0.2, -0.15) is 0 Å². The Morgan fingerprint density at radius 2 is 1.66 bits per heavy atom. The molecule has 0 radical (unpaired) electrons. The van der Waals surface area contributed by atoms with Crippen molar-refractivity contribution in [3.63, 3.8) is 0 Å². The van der Waals surface area contributed by atoms with Crippen LogP contribution in [0, 0.1) is 17.0 Å². The Hall–Kier alpha value is -4.46. The monoisotopic (exact) mass is 470 g/mol. The van der Waals surface area contributed by atoms with Crippen molar-refractivity contribution in [2.45, 2.75) is 6.92 Å². The van der Waals surface area contributed by atoms with Crippen LogP contribution in [0.1, 0.15) is 21.5 Å². The van der Waals surface area contributed by atoms with E-state index in [-0.39, 0.29) is 17.5 Å². The number of non-ortho nitro benzene ring substituents is 1. The number of nitro benzene ring substituents is 1. The molecule has 2 amide bonds. The molecule has 178 valence electrons. The predicted octanol–water partition coefficient (Wildman–Crippen LogP) is 4.52. The maximum absolute atomic E-state index is 12.8. The Labute approximate surface area is 203 Å². The van der Waals surface area contributed by atoms with Crippen LogP contribution in [0.4, 0.5) is 17.1 Å². The van der Waals surface area contributed by atoms with Crippen molar-refractivity contribution in [1.82, 2.24) is 4.90 Å². The molecule has 0 atom stereocenters. The quantitative estimate of drug-likeness (QED) is 0.325. The molecule has 35 heavy (non-hydrogen) atoms. The fourth-order valence-corrected chi connectivity index (χ4v) is 4.00. The molecule has 1 aliphatic rings. The second-order valence-corrected chi connectivity index (χ2v) is 8.32. The van der Waals surface area contributed by atoms with E-state index in [9.17, 15) is 19.7 Å². The van der Waals surface area contributed by atoms with Gasteiger partial charge in [0.05, 0.1) is 4.92 Å². The third-order valence-electron chi connectivity index (χ3n) is 5.95. The Morgan fingerprint density at radius 1 is 0.943 bits per heavy atom. The third kappa shape index (κ3) is 5.92. The van der Waals surface area contributed by atoms with Gasteiger partial charge in [-0.25, -0.2) is 0 Å². The SMILES string of the molecule is Cc1ccccc1C(=O)N1CCN(c2ccc(NC(=O)/C=C/c3cccc([N+](=O)[O-])c3)cc2)CC1. The topological polar surface area (TPSA) is 95.8 Å². The van der Waals surface area contributed by atoms with Crippen LogP contribution in [0.2, 0.25) is 0 Å². The van der Waals surface area contributed by atoms with Gasteiger partial charge in [0.2, 0.25) is 5.91 Å². The summed E-state index contributed by atoms with van der Waals surface area (Å²) in [6, 6.07) is 21.3. The molecule has 1 saturated heterocycles. The zero-order valence-electron chi connectivity index (χ0n) is 19.4. The van der Waals surface area contributed by atoms with E-state index in [2.05, 4.69) is 10.2 Å². The molecule has 3 aromatic carbocycles. The smallest absolute Gasteiger partial charge is 0.270 e. The zero-order chi connectivity index (χ0) is 24.8. The molecule has 0 aromatic heterocycles. The molecule has 0 aliphatic carbocycles. The van der Waals surface area contributed by atoms with E-state index in [1.165, 1.54) is 24.3 Å². The van der Waals surface area contributed by atoms with Gasteiger partial charge in [-0.15, -0.1) is 0 Å². The van der Waals surface area contributed by atoms with E-state index in [1.807, 2.05) is 60.4 Å². The maximum atomic E-state index is 12.8. The van der Waals surface area contributed by atoms with Crippen LogP contribution in [0.5, 0.6) is 0 Å². The van der Waals surface area contributed by atoms with Gasteiger partial charge in [0.25, 0.3) is 11.6 Å². The summed E-state index contributed by atoms with van der Waals surface area (Å²) < 4.78 is 0. The number of aryl methyl sites for hydroxylation is 1. The van der Waals surface area contributed by atoms with Gasteiger partial charge in [0, 0.05) is 61.3 Å². The van der Waals surface area contributed by atoms with Gasteiger partial charge in [-0.1, -0.05) is 30.3 Å². The number of carbonyl (C=O) groups is 2.